The zero-order valence-corrected chi connectivity index (χ0v) is 15.2. The molecule has 3 N–H and O–H groups in total. The topological polar surface area (TPSA) is 88.3 Å². The number of rotatable bonds is 7. The second-order valence-corrected chi connectivity index (χ2v) is 6.58. The van der Waals surface area contributed by atoms with Gasteiger partial charge in [-0.25, -0.2) is 4.79 Å². The average Bonchev–Trinajstić information content (AvgIpc) is 2.93. The second-order valence-electron chi connectivity index (χ2n) is 6.58. The summed E-state index contributed by atoms with van der Waals surface area (Å²) in [5.41, 5.74) is 1.43. The first kappa shape index (κ1) is 18.8. The Morgan fingerprint density at radius 3 is 2.80 bits per heavy atom. The summed E-state index contributed by atoms with van der Waals surface area (Å²) < 4.78 is 10.7. The third-order valence-corrected chi connectivity index (χ3v) is 3.20. The van der Waals surface area contributed by atoms with Crippen LogP contribution in [0.25, 0.3) is 0 Å². The molecule has 0 aliphatic rings. The number of carbonyl (C=O) groups is 1. The van der Waals surface area contributed by atoms with Crippen LogP contribution in [0.2, 0.25) is 0 Å². The molecule has 1 amide bonds. The number of hydrogen-bond donors (Lipinski definition) is 3. The summed E-state index contributed by atoms with van der Waals surface area (Å²) in [5.74, 6) is 1.39. The fourth-order valence-corrected chi connectivity index (χ4v) is 2.21. The van der Waals surface area contributed by atoms with Gasteiger partial charge in [-0.05, 0) is 45.4 Å². The van der Waals surface area contributed by atoms with E-state index in [0.29, 0.717) is 25.5 Å². The molecule has 0 bridgehead atoms. The molecule has 2 aromatic rings. The summed E-state index contributed by atoms with van der Waals surface area (Å²) in [6, 6.07) is 7.94. The minimum atomic E-state index is -0.548. The summed E-state index contributed by atoms with van der Waals surface area (Å²) in [6.07, 6.45) is 1.17. The van der Waals surface area contributed by atoms with Gasteiger partial charge in [-0.2, -0.15) is 5.10 Å². The van der Waals surface area contributed by atoms with Gasteiger partial charge in [0.25, 0.3) is 0 Å². The standard InChI is InChI=1S/C18H26N4O3/c1-5-24-15-8-6-7-13(9-15)10-19-11-14-12-20-22-16(14)21-17(23)25-18(2,3)4/h6-9,12,19H,5,10-11H2,1-4H3,(H2,20,21,22,23). The number of benzene rings is 1. The molecule has 25 heavy (non-hydrogen) atoms. The van der Waals surface area contributed by atoms with E-state index in [4.69, 9.17) is 9.47 Å². The third kappa shape index (κ3) is 6.46. The maximum atomic E-state index is 11.9. The highest BCUT2D eigenvalue weighted by Crippen LogP contribution is 2.15. The van der Waals surface area contributed by atoms with E-state index in [2.05, 4.69) is 20.8 Å². The Kier molecular flexibility index (Phi) is 6.41. The average molecular weight is 346 g/mol. The van der Waals surface area contributed by atoms with E-state index >= 15 is 0 Å². The second kappa shape index (κ2) is 8.53. The number of nitrogens with one attached hydrogen (secondary N) is 3. The van der Waals surface area contributed by atoms with Crippen LogP contribution in [0.4, 0.5) is 10.6 Å². The Hall–Kier alpha value is -2.54. The van der Waals surface area contributed by atoms with Crippen molar-refractivity contribution >= 4 is 11.9 Å². The lowest BCUT2D eigenvalue weighted by atomic mass is 10.2. The van der Waals surface area contributed by atoms with E-state index in [9.17, 15) is 4.79 Å². The lowest BCUT2D eigenvalue weighted by Crippen LogP contribution is -2.27. The van der Waals surface area contributed by atoms with Crippen molar-refractivity contribution in [1.82, 2.24) is 15.5 Å². The van der Waals surface area contributed by atoms with Crippen LogP contribution < -0.4 is 15.4 Å². The fourth-order valence-electron chi connectivity index (χ4n) is 2.21. The molecule has 0 fully saturated rings. The van der Waals surface area contributed by atoms with Crippen LogP contribution >= 0.6 is 0 Å². The van der Waals surface area contributed by atoms with Crippen LogP contribution in [0.15, 0.2) is 30.5 Å². The van der Waals surface area contributed by atoms with Crippen LogP contribution in [0.1, 0.15) is 38.8 Å². The van der Waals surface area contributed by atoms with Gasteiger partial charge in [0.05, 0.1) is 12.8 Å². The van der Waals surface area contributed by atoms with Crippen molar-refractivity contribution in [2.45, 2.75) is 46.4 Å². The van der Waals surface area contributed by atoms with Gasteiger partial charge in [-0.1, -0.05) is 12.1 Å². The molecule has 1 heterocycles. The Morgan fingerprint density at radius 1 is 1.28 bits per heavy atom. The Morgan fingerprint density at radius 2 is 2.08 bits per heavy atom. The number of aromatic nitrogens is 2. The van der Waals surface area contributed by atoms with Crippen LogP contribution in [0.5, 0.6) is 5.75 Å². The molecular formula is C18H26N4O3. The van der Waals surface area contributed by atoms with E-state index in [1.165, 1.54) is 0 Å². The smallest absolute Gasteiger partial charge is 0.413 e. The van der Waals surface area contributed by atoms with Gasteiger partial charge >= 0.3 is 6.09 Å². The lowest BCUT2D eigenvalue weighted by Gasteiger charge is -2.19. The van der Waals surface area contributed by atoms with Crippen molar-refractivity contribution in [2.24, 2.45) is 0 Å². The summed E-state index contributed by atoms with van der Waals surface area (Å²) in [5, 5.41) is 12.8. The Balaban J connectivity index is 1.87. The van der Waals surface area contributed by atoms with Crippen LogP contribution in [-0.4, -0.2) is 28.5 Å². The number of ether oxygens (including phenoxy) is 2. The van der Waals surface area contributed by atoms with Gasteiger partial charge in [0.1, 0.15) is 17.2 Å². The maximum absolute atomic E-state index is 11.9. The number of aromatic amines is 1. The third-order valence-electron chi connectivity index (χ3n) is 3.20. The summed E-state index contributed by atoms with van der Waals surface area (Å²) in [7, 11) is 0. The van der Waals surface area contributed by atoms with Crippen molar-refractivity contribution in [3.8, 4) is 5.75 Å². The molecule has 0 saturated carbocycles. The molecule has 0 radical (unpaired) electrons. The lowest BCUT2D eigenvalue weighted by molar-refractivity contribution is 0.0635. The van der Waals surface area contributed by atoms with E-state index in [0.717, 1.165) is 16.9 Å². The zero-order valence-electron chi connectivity index (χ0n) is 15.2. The maximum Gasteiger partial charge on any atom is 0.413 e. The van der Waals surface area contributed by atoms with Crippen LogP contribution in [0.3, 0.4) is 0 Å². The van der Waals surface area contributed by atoms with Gasteiger partial charge in [-0.3, -0.25) is 10.4 Å². The van der Waals surface area contributed by atoms with Gasteiger partial charge in [0, 0.05) is 18.7 Å². The van der Waals surface area contributed by atoms with Gasteiger partial charge < -0.3 is 14.8 Å². The van der Waals surface area contributed by atoms with Crippen molar-refractivity contribution in [2.75, 3.05) is 11.9 Å². The SMILES string of the molecule is CCOc1cccc(CNCc2cn[nH]c2NC(=O)OC(C)(C)C)c1. The van der Waals surface area contributed by atoms with Gasteiger partial charge in [-0.15, -0.1) is 0 Å². The molecule has 2 rings (SSSR count). The highest BCUT2D eigenvalue weighted by molar-refractivity contribution is 5.84. The number of anilines is 1. The fraction of sp³-hybridized carbons (Fsp3) is 0.444. The molecule has 1 aromatic carbocycles. The summed E-state index contributed by atoms with van der Waals surface area (Å²) in [6.45, 7) is 9.29. The molecule has 0 unspecified atom stereocenters. The highest BCUT2D eigenvalue weighted by Gasteiger charge is 2.17. The van der Waals surface area contributed by atoms with Crippen molar-refractivity contribution in [3.05, 3.63) is 41.6 Å². The highest BCUT2D eigenvalue weighted by atomic mass is 16.6. The Labute approximate surface area is 148 Å². The quantitative estimate of drug-likeness (QED) is 0.715. The van der Waals surface area contributed by atoms with E-state index < -0.39 is 11.7 Å². The summed E-state index contributed by atoms with van der Waals surface area (Å²) in [4.78, 5) is 11.9. The van der Waals surface area contributed by atoms with Crippen LogP contribution in [0, 0.1) is 0 Å². The van der Waals surface area contributed by atoms with E-state index in [1.54, 1.807) is 6.20 Å². The first-order valence-electron chi connectivity index (χ1n) is 8.32. The predicted octanol–water partition coefficient (Wildman–Crippen LogP) is 3.45. The van der Waals surface area contributed by atoms with Gasteiger partial charge in [0.15, 0.2) is 0 Å². The predicted molar refractivity (Wildman–Crippen MR) is 96.6 cm³/mol. The summed E-state index contributed by atoms with van der Waals surface area (Å²) >= 11 is 0. The number of carbonyl (C=O) groups excluding carboxylic acids is 1. The molecule has 1 aromatic heterocycles. The first-order chi connectivity index (χ1) is 11.9. The molecule has 0 saturated heterocycles. The molecule has 7 heteroatoms. The molecule has 7 nitrogen and oxygen atoms in total. The molecule has 0 aliphatic heterocycles. The van der Waals surface area contributed by atoms with E-state index in [1.807, 2.05) is 52.0 Å². The van der Waals surface area contributed by atoms with E-state index in [-0.39, 0.29) is 0 Å². The number of H-pyrrole nitrogens is 1. The van der Waals surface area contributed by atoms with Crippen molar-refractivity contribution in [3.63, 3.8) is 0 Å². The van der Waals surface area contributed by atoms with Crippen molar-refractivity contribution in [1.29, 1.82) is 0 Å². The zero-order chi connectivity index (χ0) is 18.3. The minimum absolute atomic E-state index is 0.512. The van der Waals surface area contributed by atoms with Gasteiger partial charge in [0.2, 0.25) is 0 Å². The molecule has 0 atom stereocenters. The number of amides is 1. The first-order valence-corrected chi connectivity index (χ1v) is 8.32. The monoisotopic (exact) mass is 346 g/mol. The molecule has 0 spiro atoms. The number of nitrogens with zero attached hydrogens (tertiary/aromatic N) is 1. The normalized spacial score (nSPS) is 11.2. The minimum Gasteiger partial charge on any atom is -0.494 e. The molecule has 136 valence electrons. The molecule has 0 aliphatic carbocycles. The largest absolute Gasteiger partial charge is 0.494 e. The Bertz CT molecular complexity index is 692. The van der Waals surface area contributed by atoms with Crippen molar-refractivity contribution < 1.29 is 14.3 Å². The number of hydrogen-bond acceptors (Lipinski definition) is 5. The van der Waals surface area contributed by atoms with Crippen LogP contribution in [-0.2, 0) is 17.8 Å². The molecular weight excluding hydrogens is 320 g/mol.